The average Bonchev–Trinajstić information content (AvgIpc) is 3.73. The molecular formula is C54H34N6S. The Labute approximate surface area is 356 Å². The van der Waals surface area contributed by atoms with Gasteiger partial charge in [-0.1, -0.05) is 170 Å². The quantitative estimate of drug-likeness (QED) is 0.152. The molecule has 0 bridgehead atoms. The highest BCUT2D eigenvalue weighted by Gasteiger charge is 2.19. The van der Waals surface area contributed by atoms with Gasteiger partial charge in [-0.15, -0.1) is 11.3 Å². The first kappa shape index (κ1) is 36.1. The molecule has 3 heterocycles. The summed E-state index contributed by atoms with van der Waals surface area (Å²) in [5, 5.41) is 2.54. The van der Waals surface area contributed by atoms with Crippen molar-refractivity contribution in [2.45, 2.75) is 0 Å². The highest BCUT2D eigenvalue weighted by molar-refractivity contribution is 7.25. The number of fused-ring (bicyclic) bond motifs is 3. The summed E-state index contributed by atoms with van der Waals surface area (Å²) in [6, 6.07) is 70.6. The first-order valence-corrected chi connectivity index (χ1v) is 20.9. The molecule has 0 spiro atoms. The van der Waals surface area contributed by atoms with Crippen LogP contribution in [-0.2, 0) is 0 Å². The smallest absolute Gasteiger partial charge is 0.164 e. The van der Waals surface area contributed by atoms with Crippen LogP contribution in [-0.4, -0.2) is 29.9 Å². The monoisotopic (exact) mass is 798 g/mol. The Morgan fingerprint density at radius 2 is 0.639 bits per heavy atom. The van der Waals surface area contributed by atoms with E-state index in [4.69, 9.17) is 29.9 Å². The second-order valence-electron chi connectivity index (χ2n) is 14.7. The van der Waals surface area contributed by atoms with E-state index in [9.17, 15) is 0 Å². The van der Waals surface area contributed by atoms with E-state index in [0.29, 0.717) is 34.9 Å². The van der Waals surface area contributed by atoms with E-state index in [1.165, 1.54) is 20.2 Å². The Bertz CT molecular complexity index is 3300. The molecule has 0 fully saturated rings. The molecule has 0 aliphatic heterocycles. The van der Waals surface area contributed by atoms with Crippen molar-refractivity contribution in [2.75, 3.05) is 0 Å². The maximum absolute atomic E-state index is 5.20. The lowest BCUT2D eigenvalue weighted by atomic mass is 9.96. The van der Waals surface area contributed by atoms with Crippen LogP contribution >= 0.6 is 11.3 Å². The van der Waals surface area contributed by atoms with Gasteiger partial charge in [-0.3, -0.25) is 0 Å². The summed E-state index contributed by atoms with van der Waals surface area (Å²) in [5.74, 6) is 3.54. The van der Waals surface area contributed by atoms with Crippen LogP contribution in [0.5, 0.6) is 0 Å². The summed E-state index contributed by atoms with van der Waals surface area (Å²) >= 11 is 1.83. The van der Waals surface area contributed by atoms with Crippen LogP contribution in [0.2, 0.25) is 0 Å². The Morgan fingerprint density at radius 1 is 0.230 bits per heavy atom. The van der Waals surface area contributed by atoms with Crippen LogP contribution in [0.3, 0.4) is 0 Å². The number of rotatable bonds is 8. The maximum Gasteiger partial charge on any atom is 0.164 e. The molecule has 61 heavy (non-hydrogen) atoms. The zero-order chi connectivity index (χ0) is 40.5. The van der Waals surface area contributed by atoms with Crippen molar-refractivity contribution in [1.82, 2.24) is 29.9 Å². The number of aromatic nitrogens is 6. The van der Waals surface area contributed by atoms with Crippen molar-refractivity contribution in [1.29, 1.82) is 0 Å². The molecule has 0 saturated carbocycles. The standard InChI is InChI=1S/C54H34N6S/c1-5-16-35(17-6-1)45-34-42(28-30-44(45)54-59-50(37-20-9-3-10-21-37)55-51(60-54)38-22-11-4-12-23-38)53-57-49(36-18-7-2-8-19-36)56-52(58-53)41-25-15-24-39(32-41)40-29-31-48-46(33-40)43-26-13-14-27-47(43)61-48/h1-34H. The largest absolute Gasteiger partial charge is 0.208 e. The summed E-state index contributed by atoms with van der Waals surface area (Å²) in [6.07, 6.45) is 0. The Morgan fingerprint density at radius 3 is 1.23 bits per heavy atom. The minimum Gasteiger partial charge on any atom is -0.208 e. The van der Waals surface area contributed by atoms with Gasteiger partial charge in [0.15, 0.2) is 34.9 Å². The summed E-state index contributed by atoms with van der Waals surface area (Å²) in [6.45, 7) is 0. The van der Waals surface area contributed by atoms with Gasteiger partial charge in [0.1, 0.15) is 0 Å². The molecular weight excluding hydrogens is 765 g/mol. The molecule has 0 aliphatic rings. The average molecular weight is 799 g/mol. The van der Waals surface area contributed by atoms with Gasteiger partial charge in [-0.05, 0) is 58.7 Å². The summed E-state index contributed by atoms with van der Waals surface area (Å²) in [7, 11) is 0. The van der Waals surface area contributed by atoms with Crippen molar-refractivity contribution < 1.29 is 0 Å². The van der Waals surface area contributed by atoms with Crippen LogP contribution in [0.4, 0.5) is 0 Å². The lowest BCUT2D eigenvalue weighted by Crippen LogP contribution is -2.02. The molecule has 0 radical (unpaired) electrons. The summed E-state index contributed by atoms with van der Waals surface area (Å²) in [5.41, 5.74) is 9.55. The molecule has 0 atom stereocenters. The van der Waals surface area contributed by atoms with Gasteiger partial charge in [0.25, 0.3) is 0 Å². The molecule has 0 unspecified atom stereocenters. The molecule has 11 aromatic rings. The van der Waals surface area contributed by atoms with Crippen molar-refractivity contribution in [3.63, 3.8) is 0 Å². The first-order chi connectivity index (χ1) is 30.2. The first-order valence-electron chi connectivity index (χ1n) is 20.1. The van der Waals surface area contributed by atoms with E-state index in [1.54, 1.807) is 0 Å². The van der Waals surface area contributed by atoms with Gasteiger partial charge < -0.3 is 0 Å². The minimum atomic E-state index is 0.565. The molecule has 8 aromatic carbocycles. The molecule has 6 nitrogen and oxygen atoms in total. The SMILES string of the molecule is c1ccc(-c2nc(-c3cccc(-c4ccc5sc6ccccc6c5c4)c3)nc(-c3ccc(-c4nc(-c5ccccc5)nc(-c5ccccc5)n4)c(-c4ccccc4)c3)n2)cc1. The van der Waals surface area contributed by atoms with E-state index < -0.39 is 0 Å². The van der Waals surface area contributed by atoms with Gasteiger partial charge >= 0.3 is 0 Å². The van der Waals surface area contributed by atoms with Crippen LogP contribution in [0, 0.1) is 0 Å². The van der Waals surface area contributed by atoms with Gasteiger partial charge in [-0.2, -0.15) is 0 Å². The lowest BCUT2D eigenvalue weighted by Gasteiger charge is -2.14. The molecule has 286 valence electrons. The number of thiophene rings is 1. The third-order valence-corrected chi connectivity index (χ3v) is 12.0. The van der Waals surface area contributed by atoms with Crippen molar-refractivity contribution in [2.24, 2.45) is 0 Å². The van der Waals surface area contributed by atoms with Gasteiger partial charge in [-0.25, -0.2) is 29.9 Å². The van der Waals surface area contributed by atoms with Gasteiger partial charge in [0.2, 0.25) is 0 Å². The predicted molar refractivity (Wildman–Crippen MR) is 250 cm³/mol. The number of benzene rings is 8. The molecule has 0 aliphatic carbocycles. The van der Waals surface area contributed by atoms with Gasteiger partial charge in [0.05, 0.1) is 0 Å². The Hall–Kier alpha value is -8.00. The molecule has 0 amide bonds. The van der Waals surface area contributed by atoms with E-state index >= 15 is 0 Å². The third-order valence-electron chi connectivity index (χ3n) is 10.8. The molecule has 7 heteroatoms. The minimum absolute atomic E-state index is 0.565. The van der Waals surface area contributed by atoms with E-state index in [-0.39, 0.29) is 0 Å². The lowest BCUT2D eigenvalue weighted by molar-refractivity contribution is 1.07. The van der Waals surface area contributed by atoms with Gasteiger partial charge in [0, 0.05) is 53.6 Å². The molecule has 11 rings (SSSR count). The maximum atomic E-state index is 5.20. The fraction of sp³-hybridized carbons (Fsp3) is 0. The topological polar surface area (TPSA) is 77.3 Å². The molecule has 3 aromatic heterocycles. The number of hydrogen-bond donors (Lipinski definition) is 0. The van der Waals surface area contributed by atoms with Crippen LogP contribution in [0.15, 0.2) is 206 Å². The van der Waals surface area contributed by atoms with E-state index in [0.717, 1.165) is 55.6 Å². The molecule has 0 N–H and O–H groups in total. The van der Waals surface area contributed by atoms with Crippen LogP contribution in [0.25, 0.3) is 111 Å². The van der Waals surface area contributed by atoms with Crippen LogP contribution in [0.1, 0.15) is 0 Å². The normalized spacial score (nSPS) is 11.3. The number of nitrogens with zero attached hydrogens (tertiary/aromatic N) is 6. The third kappa shape index (κ3) is 7.13. The number of hydrogen-bond acceptors (Lipinski definition) is 7. The second-order valence-corrected chi connectivity index (χ2v) is 15.8. The van der Waals surface area contributed by atoms with Crippen LogP contribution < -0.4 is 0 Å². The van der Waals surface area contributed by atoms with Crippen molar-refractivity contribution >= 4 is 31.5 Å². The predicted octanol–water partition coefficient (Wildman–Crippen LogP) is 13.8. The summed E-state index contributed by atoms with van der Waals surface area (Å²) in [4.78, 5) is 30.5. The highest BCUT2D eigenvalue weighted by Crippen LogP contribution is 2.38. The zero-order valence-corrected chi connectivity index (χ0v) is 33.5. The Kier molecular flexibility index (Phi) is 9.26. The van der Waals surface area contributed by atoms with Crippen molar-refractivity contribution in [3.05, 3.63) is 206 Å². The fourth-order valence-corrected chi connectivity index (χ4v) is 8.84. The highest BCUT2D eigenvalue weighted by atomic mass is 32.1. The van der Waals surface area contributed by atoms with E-state index in [2.05, 4.69) is 97.1 Å². The second kappa shape index (κ2) is 15.6. The van der Waals surface area contributed by atoms with Crippen molar-refractivity contribution in [3.8, 4) is 90.6 Å². The molecule has 0 saturated heterocycles. The fourth-order valence-electron chi connectivity index (χ4n) is 7.76. The Balaban J connectivity index is 1.06. The zero-order valence-electron chi connectivity index (χ0n) is 32.7. The summed E-state index contributed by atoms with van der Waals surface area (Å²) < 4.78 is 2.57. The van der Waals surface area contributed by atoms with E-state index in [1.807, 2.05) is 121 Å².